The third kappa shape index (κ3) is 3.52. The lowest BCUT2D eigenvalue weighted by atomic mass is 9.89. The minimum absolute atomic E-state index is 0.291. The molecule has 1 aromatic carbocycles. The monoisotopic (exact) mass is 318 g/mol. The van der Waals surface area contributed by atoms with Crippen LogP contribution in [-0.4, -0.2) is 26.3 Å². The van der Waals surface area contributed by atoms with Crippen LogP contribution >= 0.6 is 0 Å². The van der Waals surface area contributed by atoms with Crippen molar-refractivity contribution < 1.29 is 17.2 Å². The molecule has 0 spiro atoms. The Hall–Kier alpha value is -1.21. The van der Waals surface area contributed by atoms with Crippen molar-refractivity contribution in [2.45, 2.75) is 37.0 Å². The van der Waals surface area contributed by atoms with Crippen LogP contribution in [-0.2, 0) is 10.0 Å². The van der Waals surface area contributed by atoms with E-state index in [-0.39, 0.29) is 5.69 Å². The number of nitrogens with two attached hydrogens (primary N) is 1. The Morgan fingerprint density at radius 1 is 1.19 bits per heavy atom. The second-order valence-corrected chi connectivity index (χ2v) is 7.61. The van der Waals surface area contributed by atoms with E-state index in [9.17, 15) is 17.2 Å². The number of hydrogen-bond acceptors (Lipinski definition) is 3. The Morgan fingerprint density at radius 3 is 2.43 bits per heavy atom. The normalized spacial score (nSPS) is 17.3. The van der Waals surface area contributed by atoms with Gasteiger partial charge < -0.3 is 5.73 Å². The lowest BCUT2D eigenvalue weighted by Crippen LogP contribution is -2.33. The Morgan fingerprint density at radius 2 is 1.81 bits per heavy atom. The highest BCUT2D eigenvalue weighted by molar-refractivity contribution is 7.89. The molecule has 1 saturated carbocycles. The van der Waals surface area contributed by atoms with Crippen molar-refractivity contribution in [1.82, 2.24) is 4.31 Å². The predicted octanol–water partition coefficient (Wildman–Crippen LogP) is 2.75. The SMILES string of the molecule is CN(CC1CCCCC1)S(=O)(=O)c1cc(N)c(F)cc1F. The molecule has 21 heavy (non-hydrogen) atoms. The molecule has 0 amide bonds. The molecule has 1 aromatic rings. The van der Waals surface area contributed by atoms with E-state index in [2.05, 4.69) is 0 Å². The van der Waals surface area contributed by atoms with Gasteiger partial charge in [0.05, 0.1) is 5.69 Å². The van der Waals surface area contributed by atoms with E-state index < -0.39 is 26.6 Å². The third-order valence-corrected chi connectivity index (χ3v) is 5.82. The molecular formula is C14H20F2N2O2S. The first-order valence-electron chi connectivity index (χ1n) is 7.03. The zero-order valence-electron chi connectivity index (χ0n) is 12.0. The van der Waals surface area contributed by atoms with Crippen molar-refractivity contribution in [3.8, 4) is 0 Å². The van der Waals surface area contributed by atoms with Gasteiger partial charge in [-0.15, -0.1) is 0 Å². The molecule has 0 unspecified atom stereocenters. The molecule has 7 heteroatoms. The summed E-state index contributed by atoms with van der Waals surface area (Å²) in [6, 6.07) is 1.36. The number of nitrogen functional groups attached to an aromatic ring is 1. The van der Waals surface area contributed by atoms with E-state index in [1.165, 1.54) is 13.5 Å². The molecule has 0 aliphatic heterocycles. The molecule has 1 fully saturated rings. The predicted molar refractivity (Wildman–Crippen MR) is 77.2 cm³/mol. The first kappa shape index (κ1) is 16.2. The Kier molecular flexibility index (Phi) is 4.83. The molecule has 2 rings (SSSR count). The molecule has 0 aromatic heterocycles. The summed E-state index contributed by atoms with van der Waals surface area (Å²) in [7, 11) is -2.58. The summed E-state index contributed by atoms with van der Waals surface area (Å²) >= 11 is 0. The second-order valence-electron chi connectivity index (χ2n) is 5.59. The van der Waals surface area contributed by atoms with Crippen molar-refractivity contribution in [3.05, 3.63) is 23.8 Å². The quantitative estimate of drug-likeness (QED) is 0.868. The maximum Gasteiger partial charge on any atom is 0.245 e. The lowest BCUT2D eigenvalue weighted by molar-refractivity contribution is 0.299. The minimum atomic E-state index is -4.00. The molecule has 4 nitrogen and oxygen atoms in total. The van der Waals surface area contributed by atoms with E-state index in [1.54, 1.807) is 0 Å². The molecule has 118 valence electrons. The Bertz CT molecular complexity index is 614. The fourth-order valence-electron chi connectivity index (χ4n) is 2.74. The summed E-state index contributed by atoms with van der Waals surface area (Å²) in [4.78, 5) is -0.570. The molecule has 0 heterocycles. The molecule has 0 saturated heterocycles. The van der Waals surface area contributed by atoms with Crippen LogP contribution in [0.1, 0.15) is 32.1 Å². The van der Waals surface area contributed by atoms with Gasteiger partial charge in [0.25, 0.3) is 0 Å². The fourth-order valence-corrected chi connectivity index (χ4v) is 4.07. The van der Waals surface area contributed by atoms with E-state index in [0.717, 1.165) is 36.1 Å². The van der Waals surface area contributed by atoms with Crippen LogP contribution in [0.3, 0.4) is 0 Å². The summed E-state index contributed by atoms with van der Waals surface area (Å²) in [6.07, 6.45) is 5.32. The highest BCUT2D eigenvalue weighted by Crippen LogP contribution is 2.28. The van der Waals surface area contributed by atoms with Crippen LogP contribution in [0.25, 0.3) is 0 Å². The standard InChI is InChI=1S/C14H20F2N2O2S/c1-18(9-10-5-3-2-4-6-10)21(19,20)14-8-13(17)11(15)7-12(14)16/h7-8,10H,2-6,9,17H2,1H3. The van der Waals surface area contributed by atoms with Gasteiger partial charge in [-0.1, -0.05) is 19.3 Å². The Labute approximate surface area is 124 Å². The molecular weight excluding hydrogens is 298 g/mol. The third-order valence-electron chi connectivity index (χ3n) is 3.98. The number of nitrogens with zero attached hydrogens (tertiary/aromatic N) is 1. The minimum Gasteiger partial charge on any atom is -0.396 e. The first-order valence-corrected chi connectivity index (χ1v) is 8.47. The fraction of sp³-hybridized carbons (Fsp3) is 0.571. The molecule has 0 bridgehead atoms. The van der Waals surface area contributed by atoms with Gasteiger partial charge in [0.2, 0.25) is 10.0 Å². The first-order chi connectivity index (χ1) is 9.82. The number of halogens is 2. The molecule has 2 N–H and O–H groups in total. The molecule has 1 aliphatic carbocycles. The van der Waals surface area contributed by atoms with Gasteiger partial charge in [-0.3, -0.25) is 0 Å². The molecule has 0 atom stereocenters. The zero-order chi connectivity index (χ0) is 15.6. The van der Waals surface area contributed by atoms with Gasteiger partial charge in [0.1, 0.15) is 16.5 Å². The largest absolute Gasteiger partial charge is 0.396 e. The zero-order valence-corrected chi connectivity index (χ0v) is 12.8. The maximum absolute atomic E-state index is 13.8. The highest BCUT2D eigenvalue weighted by atomic mass is 32.2. The summed E-state index contributed by atoms with van der Waals surface area (Å²) < 4.78 is 52.8. The van der Waals surface area contributed by atoms with Crippen molar-refractivity contribution in [2.24, 2.45) is 5.92 Å². The van der Waals surface area contributed by atoms with Gasteiger partial charge in [0.15, 0.2) is 0 Å². The van der Waals surface area contributed by atoms with Gasteiger partial charge in [-0.2, -0.15) is 0 Å². The van der Waals surface area contributed by atoms with Crippen LogP contribution in [0.4, 0.5) is 14.5 Å². The van der Waals surface area contributed by atoms with E-state index in [1.807, 2.05) is 0 Å². The van der Waals surface area contributed by atoms with Crippen molar-refractivity contribution in [2.75, 3.05) is 19.3 Å². The topological polar surface area (TPSA) is 63.4 Å². The summed E-state index contributed by atoms with van der Waals surface area (Å²) in [5.41, 5.74) is 4.97. The van der Waals surface area contributed by atoms with Gasteiger partial charge in [0, 0.05) is 19.7 Å². The summed E-state index contributed by atoms with van der Waals surface area (Å²) in [6.45, 7) is 0.346. The second kappa shape index (κ2) is 6.27. The number of rotatable bonds is 4. The average molecular weight is 318 g/mol. The average Bonchev–Trinajstić information content (AvgIpc) is 2.43. The van der Waals surface area contributed by atoms with Crippen molar-refractivity contribution >= 4 is 15.7 Å². The van der Waals surface area contributed by atoms with E-state index in [0.29, 0.717) is 18.5 Å². The van der Waals surface area contributed by atoms with Gasteiger partial charge >= 0.3 is 0 Å². The van der Waals surface area contributed by atoms with Crippen LogP contribution in [0.5, 0.6) is 0 Å². The van der Waals surface area contributed by atoms with Crippen LogP contribution in [0.15, 0.2) is 17.0 Å². The van der Waals surface area contributed by atoms with Crippen LogP contribution in [0, 0.1) is 17.6 Å². The number of benzene rings is 1. The Balaban J connectivity index is 2.22. The summed E-state index contributed by atoms with van der Waals surface area (Å²) in [5.74, 6) is -1.78. The molecule has 1 aliphatic rings. The van der Waals surface area contributed by atoms with E-state index in [4.69, 9.17) is 5.73 Å². The van der Waals surface area contributed by atoms with Crippen molar-refractivity contribution in [3.63, 3.8) is 0 Å². The number of hydrogen-bond donors (Lipinski definition) is 1. The van der Waals surface area contributed by atoms with Gasteiger partial charge in [-0.25, -0.2) is 21.5 Å². The lowest BCUT2D eigenvalue weighted by Gasteiger charge is -2.26. The van der Waals surface area contributed by atoms with Crippen LogP contribution in [0.2, 0.25) is 0 Å². The van der Waals surface area contributed by atoms with Crippen molar-refractivity contribution in [1.29, 1.82) is 0 Å². The van der Waals surface area contributed by atoms with Gasteiger partial charge in [-0.05, 0) is 24.8 Å². The number of anilines is 1. The number of sulfonamides is 1. The highest BCUT2D eigenvalue weighted by Gasteiger charge is 2.28. The summed E-state index contributed by atoms with van der Waals surface area (Å²) in [5, 5.41) is 0. The maximum atomic E-state index is 13.8. The molecule has 0 radical (unpaired) electrons. The van der Waals surface area contributed by atoms with Crippen LogP contribution < -0.4 is 5.73 Å². The van der Waals surface area contributed by atoms with E-state index >= 15 is 0 Å². The smallest absolute Gasteiger partial charge is 0.245 e.